The van der Waals surface area contributed by atoms with Gasteiger partial charge in [-0.3, -0.25) is 9.59 Å². The van der Waals surface area contributed by atoms with Gasteiger partial charge in [0.1, 0.15) is 6.61 Å². The molecule has 2 fully saturated rings. The molecule has 3 aliphatic rings. The van der Waals surface area contributed by atoms with E-state index in [9.17, 15) is 14.4 Å². The van der Waals surface area contributed by atoms with Crippen molar-refractivity contribution in [3.63, 3.8) is 0 Å². The number of amides is 2. The van der Waals surface area contributed by atoms with Crippen LogP contribution in [-0.4, -0.2) is 41.8 Å². The number of benzene rings is 2. The first-order valence-corrected chi connectivity index (χ1v) is 12.0. The summed E-state index contributed by atoms with van der Waals surface area (Å²) in [6.45, 7) is 0.836. The monoisotopic (exact) mass is 462 g/mol. The van der Waals surface area contributed by atoms with E-state index in [-0.39, 0.29) is 24.2 Å². The van der Waals surface area contributed by atoms with Crippen LogP contribution >= 0.6 is 0 Å². The van der Waals surface area contributed by atoms with Gasteiger partial charge in [-0.2, -0.15) is 0 Å². The highest BCUT2D eigenvalue weighted by molar-refractivity contribution is 5.80. The number of hydrogen-bond acceptors (Lipinski definition) is 4. The van der Waals surface area contributed by atoms with Crippen LogP contribution in [0.15, 0.2) is 48.5 Å². The number of carboxylic acids is 1. The molecule has 3 N–H and O–H groups in total. The second-order valence-corrected chi connectivity index (χ2v) is 10.0. The summed E-state index contributed by atoms with van der Waals surface area (Å²) in [4.78, 5) is 35.5. The van der Waals surface area contributed by atoms with E-state index in [2.05, 4.69) is 34.9 Å². The highest BCUT2D eigenvalue weighted by atomic mass is 16.5. The highest BCUT2D eigenvalue weighted by Crippen LogP contribution is 2.44. The quantitative estimate of drug-likeness (QED) is 0.521. The Bertz CT molecular complexity index is 1060. The van der Waals surface area contributed by atoms with E-state index in [0.29, 0.717) is 25.5 Å². The average Bonchev–Trinajstić information content (AvgIpc) is 3.45. The first-order chi connectivity index (χ1) is 16.4. The lowest BCUT2D eigenvalue weighted by Crippen LogP contribution is -2.42. The Morgan fingerprint density at radius 1 is 0.941 bits per heavy atom. The Morgan fingerprint density at radius 2 is 1.56 bits per heavy atom. The standard InChI is InChI=1S/C27H30N2O5/c30-24(29-27(9-10-27)14-25(31)32)13-17-11-18(12-17)15-28-26(33)34-16-23-21-7-3-1-5-19(21)20-6-2-4-8-22(20)23/h1-8,17-18,23H,9-16H2,(H,28,33)(H,29,30)(H,31,32). The summed E-state index contributed by atoms with van der Waals surface area (Å²) in [6.07, 6.45) is 3.24. The van der Waals surface area contributed by atoms with Crippen LogP contribution in [-0.2, 0) is 14.3 Å². The van der Waals surface area contributed by atoms with Gasteiger partial charge in [-0.05, 0) is 59.8 Å². The molecule has 2 aromatic rings. The van der Waals surface area contributed by atoms with Crippen molar-refractivity contribution in [1.29, 1.82) is 0 Å². The van der Waals surface area contributed by atoms with Gasteiger partial charge in [0.05, 0.1) is 12.0 Å². The minimum atomic E-state index is -0.874. The van der Waals surface area contributed by atoms with Crippen LogP contribution in [0.3, 0.4) is 0 Å². The number of carboxylic acid groups (broad SMARTS) is 1. The summed E-state index contributed by atoms with van der Waals surface area (Å²) in [7, 11) is 0. The Kier molecular flexibility index (Phi) is 6.02. The third-order valence-electron chi connectivity index (χ3n) is 7.43. The van der Waals surface area contributed by atoms with Gasteiger partial charge in [0.15, 0.2) is 0 Å². The second kappa shape index (κ2) is 9.12. The van der Waals surface area contributed by atoms with Crippen LogP contribution in [0, 0.1) is 11.8 Å². The zero-order valence-corrected chi connectivity index (χ0v) is 19.1. The summed E-state index contributed by atoms with van der Waals surface area (Å²) in [5, 5.41) is 14.8. The van der Waals surface area contributed by atoms with Gasteiger partial charge >= 0.3 is 12.1 Å². The molecule has 7 heteroatoms. The maximum Gasteiger partial charge on any atom is 0.407 e. The van der Waals surface area contributed by atoms with Gasteiger partial charge in [-0.15, -0.1) is 0 Å². The largest absolute Gasteiger partial charge is 0.481 e. The molecular weight excluding hydrogens is 432 g/mol. The normalized spacial score (nSPS) is 21.5. The number of aliphatic carboxylic acids is 1. The number of ether oxygens (including phenoxy) is 1. The summed E-state index contributed by atoms with van der Waals surface area (Å²) in [6, 6.07) is 16.5. The topological polar surface area (TPSA) is 105 Å². The first-order valence-electron chi connectivity index (χ1n) is 12.0. The molecule has 0 aliphatic heterocycles. The SMILES string of the molecule is O=C(O)CC1(NC(=O)CC2CC(CNC(=O)OCC3c4ccccc4-c4ccccc43)C2)CC1. The Hall–Kier alpha value is -3.35. The molecule has 0 spiro atoms. The molecule has 0 saturated heterocycles. The molecule has 0 heterocycles. The Labute approximate surface area is 198 Å². The molecule has 0 unspecified atom stereocenters. The van der Waals surface area contributed by atoms with E-state index in [4.69, 9.17) is 9.84 Å². The van der Waals surface area contributed by atoms with Crippen LogP contribution < -0.4 is 10.6 Å². The van der Waals surface area contributed by atoms with Crippen LogP contribution in [0.2, 0.25) is 0 Å². The van der Waals surface area contributed by atoms with Crippen molar-refractivity contribution in [1.82, 2.24) is 10.6 Å². The summed E-state index contributed by atoms with van der Waals surface area (Å²) in [5.74, 6) is -0.268. The number of carbonyl (C=O) groups excluding carboxylic acids is 2. The number of nitrogens with one attached hydrogen (secondary N) is 2. The van der Waals surface area contributed by atoms with Crippen LogP contribution in [0.1, 0.15) is 55.6 Å². The maximum absolute atomic E-state index is 12.3. The first kappa shape index (κ1) is 22.4. The highest BCUT2D eigenvalue weighted by Gasteiger charge is 2.46. The molecule has 0 atom stereocenters. The maximum atomic E-state index is 12.3. The smallest absolute Gasteiger partial charge is 0.407 e. The minimum absolute atomic E-state index is 0.00388. The lowest BCUT2D eigenvalue weighted by Gasteiger charge is -2.35. The molecule has 0 radical (unpaired) electrons. The number of hydrogen-bond donors (Lipinski definition) is 3. The number of alkyl carbamates (subject to hydrolysis) is 1. The fourth-order valence-electron chi connectivity index (χ4n) is 5.48. The zero-order valence-electron chi connectivity index (χ0n) is 19.1. The molecule has 0 aromatic heterocycles. The van der Waals surface area contributed by atoms with E-state index in [1.54, 1.807) is 0 Å². The third-order valence-corrected chi connectivity index (χ3v) is 7.43. The Balaban J connectivity index is 1.03. The molecule has 2 amide bonds. The van der Waals surface area contributed by atoms with Gasteiger partial charge in [-0.1, -0.05) is 48.5 Å². The molecule has 34 heavy (non-hydrogen) atoms. The molecule has 178 valence electrons. The molecule has 2 aromatic carbocycles. The molecule has 2 saturated carbocycles. The lowest BCUT2D eigenvalue weighted by molar-refractivity contribution is -0.138. The lowest BCUT2D eigenvalue weighted by atomic mass is 9.73. The van der Waals surface area contributed by atoms with Gasteiger partial charge in [-0.25, -0.2) is 4.79 Å². The van der Waals surface area contributed by atoms with E-state index in [1.165, 1.54) is 22.3 Å². The fraction of sp³-hybridized carbons (Fsp3) is 0.444. The predicted octanol–water partition coefficient (Wildman–Crippen LogP) is 4.06. The van der Waals surface area contributed by atoms with Gasteiger partial charge < -0.3 is 20.5 Å². The van der Waals surface area contributed by atoms with Crippen molar-refractivity contribution < 1.29 is 24.2 Å². The Morgan fingerprint density at radius 3 is 2.15 bits per heavy atom. The minimum Gasteiger partial charge on any atom is -0.481 e. The van der Waals surface area contributed by atoms with Gasteiger partial charge in [0.25, 0.3) is 0 Å². The van der Waals surface area contributed by atoms with Crippen LogP contribution in [0.5, 0.6) is 0 Å². The fourth-order valence-corrected chi connectivity index (χ4v) is 5.48. The van der Waals surface area contributed by atoms with Crippen molar-refractivity contribution in [3.05, 3.63) is 59.7 Å². The third kappa shape index (κ3) is 4.79. The van der Waals surface area contributed by atoms with Crippen molar-refractivity contribution in [3.8, 4) is 11.1 Å². The average molecular weight is 463 g/mol. The van der Waals surface area contributed by atoms with E-state index in [1.807, 2.05) is 24.3 Å². The van der Waals surface area contributed by atoms with Gasteiger partial charge in [0, 0.05) is 18.9 Å². The van der Waals surface area contributed by atoms with E-state index < -0.39 is 17.6 Å². The van der Waals surface area contributed by atoms with E-state index >= 15 is 0 Å². The molecule has 0 bridgehead atoms. The van der Waals surface area contributed by atoms with Crippen LogP contribution in [0.25, 0.3) is 11.1 Å². The van der Waals surface area contributed by atoms with Crippen molar-refractivity contribution >= 4 is 18.0 Å². The van der Waals surface area contributed by atoms with Crippen molar-refractivity contribution in [2.24, 2.45) is 11.8 Å². The second-order valence-electron chi connectivity index (χ2n) is 10.0. The van der Waals surface area contributed by atoms with Gasteiger partial charge in [0.2, 0.25) is 5.91 Å². The zero-order chi connectivity index (χ0) is 23.7. The molecular formula is C27H30N2O5. The summed E-state index contributed by atoms with van der Waals surface area (Å²) < 4.78 is 5.58. The van der Waals surface area contributed by atoms with E-state index in [0.717, 1.165) is 25.7 Å². The van der Waals surface area contributed by atoms with Crippen molar-refractivity contribution in [2.45, 2.75) is 50.0 Å². The molecule has 7 nitrogen and oxygen atoms in total. The number of fused-ring (bicyclic) bond motifs is 3. The molecule has 5 rings (SSSR count). The molecule has 3 aliphatic carbocycles. The van der Waals surface area contributed by atoms with Crippen LogP contribution in [0.4, 0.5) is 4.79 Å². The number of rotatable bonds is 9. The van der Waals surface area contributed by atoms with Crippen molar-refractivity contribution in [2.75, 3.05) is 13.2 Å². The summed E-state index contributed by atoms with van der Waals surface area (Å²) in [5.41, 5.74) is 4.26. The summed E-state index contributed by atoms with van der Waals surface area (Å²) >= 11 is 0. The predicted molar refractivity (Wildman–Crippen MR) is 126 cm³/mol. The number of carbonyl (C=O) groups is 3.